The molecule has 3 unspecified atom stereocenters. The van der Waals surface area contributed by atoms with E-state index in [1.807, 2.05) is 6.07 Å². The monoisotopic (exact) mass is 530 g/mol. The first-order chi connectivity index (χ1) is 18.0. The summed E-state index contributed by atoms with van der Waals surface area (Å²) in [6.45, 7) is 6.26. The Labute approximate surface area is 223 Å². The van der Waals surface area contributed by atoms with Gasteiger partial charge in [0.1, 0.15) is 18.3 Å². The Morgan fingerprint density at radius 2 is 1.74 bits per heavy atom. The fourth-order valence-corrected chi connectivity index (χ4v) is 9.17. The van der Waals surface area contributed by atoms with Gasteiger partial charge in [-0.1, -0.05) is 25.5 Å². The van der Waals surface area contributed by atoms with E-state index in [1.54, 1.807) is 13.2 Å². The van der Waals surface area contributed by atoms with Gasteiger partial charge in [-0.25, -0.2) is 4.79 Å². The maximum absolute atomic E-state index is 12.4. The van der Waals surface area contributed by atoms with Crippen molar-refractivity contribution in [2.45, 2.75) is 120 Å². The standard InChI is InChI=1S/C30H42O8/c1-16-24(32)25(33)26(34)27(37-16)38-19-8-11-28(2)18(14-19)5-6-22-21(28)9-12-29(3)20(10-13-30(22,29)35)17-4-7-23(31)36-15-17/h4,7,14-16,19-22,24-27,32-35H,5-6,8-13H2,1-3H3/t16-,19-,20+,21-,22+,24?,25?,26+,27?,28-,29+,30-/m0/s1. The molecule has 4 N–H and O–H groups in total. The minimum absolute atomic E-state index is 0.0213. The molecule has 1 aliphatic heterocycles. The third-order valence-corrected chi connectivity index (χ3v) is 11.5. The first-order valence-electron chi connectivity index (χ1n) is 14.4. The summed E-state index contributed by atoms with van der Waals surface area (Å²) in [5.74, 6) is 0.759. The van der Waals surface area contributed by atoms with E-state index >= 15 is 0 Å². The largest absolute Gasteiger partial charge is 0.431 e. The molecular formula is C30H42O8. The third-order valence-electron chi connectivity index (χ3n) is 11.5. The van der Waals surface area contributed by atoms with Crippen LogP contribution in [0.25, 0.3) is 0 Å². The maximum Gasteiger partial charge on any atom is 0.335 e. The van der Waals surface area contributed by atoms with Crippen molar-refractivity contribution >= 4 is 0 Å². The van der Waals surface area contributed by atoms with Crippen molar-refractivity contribution in [1.29, 1.82) is 0 Å². The average Bonchev–Trinajstić information content (AvgIpc) is 3.18. The van der Waals surface area contributed by atoms with Crippen molar-refractivity contribution in [3.05, 3.63) is 46.0 Å². The number of hydrogen-bond donors (Lipinski definition) is 4. The Kier molecular flexibility index (Phi) is 6.49. The van der Waals surface area contributed by atoms with Crippen LogP contribution in [-0.4, -0.2) is 62.8 Å². The molecule has 3 saturated carbocycles. The van der Waals surface area contributed by atoms with Crippen molar-refractivity contribution < 1.29 is 34.3 Å². The Hall–Kier alpha value is -1.55. The van der Waals surface area contributed by atoms with Crippen LogP contribution in [0.2, 0.25) is 0 Å². The van der Waals surface area contributed by atoms with Crippen LogP contribution in [0.3, 0.4) is 0 Å². The molecular weight excluding hydrogens is 488 g/mol. The predicted octanol–water partition coefficient (Wildman–Crippen LogP) is 3.01. The summed E-state index contributed by atoms with van der Waals surface area (Å²) in [7, 11) is 0. The van der Waals surface area contributed by atoms with Gasteiger partial charge in [-0.2, -0.15) is 0 Å². The second kappa shape index (κ2) is 9.25. The number of allylic oxidation sites excluding steroid dienone is 1. The first kappa shape index (κ1) is 26.7. The highest BCUT2D eigenvalue weighted by atomic mass is 16.7. The van der Waals surface area contributed by atoms with Crippen molar-refractivity contribution in [3.63, 3.8) is 0 Å². The number of fused-ring (bicyclic) bond motifs is 5. The van der Waals surface area contributed by atoms with Gasteiger partial charge in [-0.3, -0.25) is 0 Å². The molecule has 0 amide bonds. The van der Waals surface area contributed by atoms with Crippen LogP contribution < -0.4 is 5.63 Å². The molecule has 1 aromatic rings. The van der Waals surface area contributed by atoms with Crippen molar-refractivity contribution in [3.8, 4) is 0 Å². The van der Waals surface area contributed by atoms with Gasteiger partial charge in [-0.05, 0) is 93.1 Å². The zero-order chi connectivity index (χ0) is 27.0. The van der Waals surface area contributed by atoms with Crippen molar-refractivity contribution in [2.75, 3.05) is 0 Å². The minimum atomic E-state index is -1.31. The molecule has 8 heteroatoms. The van der Waals surface area contributed by atoms with Crippen LogP contribution in [0.5, 0.6) is 0 Å². The molecule has 6 rings (SSSR count). The lowest BCUT2D eigenvalue weighted by atomic mass is 9.45. The van der Waals surface area contributed by atoms with Crippen LogP contribution in [0.4, 0.5) is 0 Å². The normalized spacial score (nSPS) is 50.5. The number of aliphatic hydroxyl groups is 4. The number of aliphatic hydroxyl groups excluding tert-OH is 3. The maximum atomic E-state index is 12.4. The van der Waals surface area contributed by atoms with Gasteiger partial charge >= 0.3 is 5.63 Å². The number of hydrogen-bond acceptors (Lipinski definition) is 8. The number of rotatable bonds is 3. The van der Waals surface area contributed by atoms with Crippen LogP contribution in [0.15, 0.2) is 39.3 Å². The molecule has 0 radical (unpaired) electrons. The molecule has 0 bridgehead atoms. The second-order valence-corrected chi connectivity index (χ2v) is 13.1. The highest BCUT2D eigenvalue weighted by Gasteiger charge is 2.66. The van der Waals surface area contributed by atoms with Gasteiger partial charge in [0.2, 0.25) is 0 Å². The van der Waals surface area contributed by atoms with Crippen LogP contribution in [0, 0.1) is 22.7 Å². The lowest BCUT2D eigenvalue weighted by Crippen LogP contribution is -2.60. The summed E-state index contributed by atoms with van der Waals surface area (Å²) in [5.41, 5.74) is 0.991. The molecule has 5 aliphatic rings. The number of ether oxygens (including phenoxy) is 2. The Bertz CT molecular complexity index is 1130. The zero-order valence-electron chi connectivity index (χ0n) is 22.6. The van der Waals surface area contributed by atoms with Crippen LogP contribution in [-0.2, 0) is 9.47 Å². The lowest BCUT2D eigenvalue weighted by molar-refractivity contribution is -0.301. The highest BCUT2D eigenvalue weighted by molar-refractivity contribution is 5.31. The molecule has 8 nitrogen and oxygen atoms in total. The minimum Gasteiger partial charge on any atom is -0.431 e. The van der Waals surface area contributed by atoms with Gasteiger partial charge in [0.15, 0.2) is 6.29 Å². The summed E-state index contributed by atoms with van der Waals surface area (Å²) in [5, 5.41) is 43.0. The predicted molar refractivity (Wildman–Crippen MR) is 138 cm³/mol. The van der Waals surface area contributed by atoms with E-state index in [0.29, 0.717) is 5.92 Å². The average molecular weight is 531 g/mol. The fraction of sp³-hybridized carbons (Fsp3) is 0.767. The molecule has 0 spiro atoms. The highest BCUT2D eigenvalue weighted by Crippen LogP contribution is 2.70. The Balaban J connectivity index is 1.21. The summed E-state index contributed by atoms with van der Waals surface area (Å²) in [6, 6.07) is 3.36. The zero-order valence-corrected chi connectivity index (χ0v) is 22.6. The molecule has 210 valence electrons. The van der Waals surface area contributed by atoms with Crippen LogP contribution in [0.1, 0.15) is 83.6 Å². The molecule has 2 heterocycles. The molecule has 0 aromatic carbocycles. The summed E-state index contributed by atoms with van der Waals surface area (Å²) in [6.07, 6.45) is 5.32. The molecule has 1 aromatic heterocycles. The third kappa shape index (κ3) is 3.82. The molecule has 12 atom stereocenters. The van der Waals surface area contributed by atoms with E-state index in [2.05, 4.69) is 19.9 Å². The van der Waals surface area contributed by atoms with E-state index in [4.69, 9.17) is 13.9 Å². The van der Waals surface area contributed by atoms with Crippen molar-refractivity contribution in [1.82, 2.24) is 0 Å². The van der Waals surface area contributed by atoms with Gasteiger partial charge in [-0.15, -0.1) is 0 Å². The van der Waals surface area contributed by atoms with Gasteiger partial charge < -0.3 is 34.3 Å². The van der Waals surface area contributed by atoms with Crippen LogP contribution >= 0.6 is 0 Å². The van der Waals surface area contributed by atoms with E-state index in [1.165, 1.54) is 11.6 Å². The molecule has 38 heavy (non-hydrogen) atoms. The van der Waals surface area contributed by atoms with E-state index in [9.17, 15) is 25.2 Å². The Morgan fingerprint density at radius 3 is 2.47 bits per heavy atom. The summed E-state index contributed by atoms with van der Waals surface area (Å²) >= 11 is 0. The Morgan fingerprint density at radius 1 is 0.947 bits per heavy atom. The fourth-order valence-electron chi connectivity index (χ4n) is 9.17. The SMILES string of the molecule is C[C@@H]1OC(O[C@@H]2C=C3CC[C@@H]4[C@H](CC[C@]5(C)[C@@H](c6ccc(=O)oc6)CC[C@]45O)[C@@]3(C)CC2)[C@H](O)C(O)C1O. The molecule has 4 fully saturated rings. The van der Waals surface area contributed by atoms with Gasteiger partial charge in [0.25, 0.3) is 0 Å². The van der Waals surface area contributed by atoms with E-state index < -0.39 is 36.3 Å². The summed E-state index contributed by atoms with van der Waals surface area (Å²) < 4.78 is 17.0. The lowest BCUT2D eigenvalue weighted by Gasteiger charge is -2.62. The van der Waals surface area contributed by atoms with E-state index in [-0.39, 0.29) is 34.4 Å². The topological polar surface area (TPSA) is 130 Å². The summed E-state index contributed by atoms with van der Waals surface area (Å²) in [4.78, 5) is 11.5. The van der Waals surface area contributed by atoms with Gasteiger partial charge in [0, 0.05) is 11.5 Å². The van der Waals surface area contributed by atoms with E-state index in [0.717, 1.165) is 56.9 Å². The second-order valence-electron chi connectivity index (χ2n) is 13.1. The first-order valence-corrected chi connectivity index (χ1v) is 14.4. The quantitative estimate of drug-likeness (QED) is 0.439. The molecule has 4 aliphatic carbocycles. The molecule has 1 saturated heterocycles. The smallest absolute Gasteiger partial charge is 0.335 e. The van der Waals surface area contributed by atoms with Gasteiger partial charge in [0.05, 0.1) is 24.1 Å². The van der Waals surface area contributed by atoms with Crippen molar-refractivity contribution in [2.24, 2.45) is 22.7 Å².